The number of halogens is 1. The molecule has 4 aliphatic rings. The molecule has 4 fully saturated rings. The zero-order valence-corrected chi connectivity index (χ0v) is 33.5. The van der Waals surface area contributed by atoms with Crippen molar-refractivity contribution in [2.75, 3.05) is 7.11 Å². The summed E-state index contributed by atoms with van der Waals surface area (Å²) in [5, 5.41) is 0.137. The highest BCUT2D eigenvalue weighted by atomic mass is 35.5. The van der Waals surface area contributed by atoms with Gasteiger partial charge in [-0.15, -0.1) is 0 Å². The van der Waals surface area contributed by atoms with Crippen molar-refractivity contribution < 1.29 is 71.4 Å². The molecule has 316 valence electrons. The first-order valence-corrected chi connectivity index (χ1v) is 19.0. The van der Waals surface area contributed by atoms with E-state index in [4.69, 9.17) is 54.2 Å². The van der Waals surface area contributed by atoms with Gasteiger partial charge in [0.25, 0.3) is 0 Å². The molecule has 2 aromatic heterocycles. The van der Waals surface area contributed by atoms with Crippen molar-refractivity contribution >= 4 is 58.6 Å². The maximum atomic E-state index is 12.6. The minimum atomic E-state index is -1.21. The quantitative estimate of drug-likeness (QED) is 0.126. The van der Waals surface area contributed by atoms with E-state index in [1.807, 2.05) is 0 Å². The molecule has 0 amide bonds. The number of imidazole rings is 1. The SMILES string of the molecule is CC(=O)OC1[C@H](n2cnc3c(Cl)ncnc32)O[C@@]2(C[C@H]2OC(=O)c2ccccc2)[C@@H]1OC(C)=O.CO[C@@H]1O[C@@]2(C[C@H]2OC(=O)c2ccccc2)[C@H](OC(C)=O)C1OC(C)=O. The normalized spacial score (nSPS) is 29.5. The van der Waals surface area contributed by atoms with Crippen LogP contribution in [-0.4, -0.2) is 117 Å². The van der Waals surface area contributed by atoms with Crippen LogP contribution in [0.4, 0.5) is 0 Å². The number of hydrogen-bond donors (Lipinski definition) is 0. The summed E-state index contributed by atoms with van der Waals surface area (Å²) >= 11 is 6.12. The van der Waals surface area contributed by atoms with Crippen LogP contribution in [0.25, 0.3) is 11.2 Å². The largest absolute Gasteiger partial charge is 0.455 e. The summed E-state index contributed by atoms with van der Waals surface area (Å²) < 4.78 is 51.7. The number of hydrogen-bond acceptors (Lipinski definition) is 18. The number of fused-ring (bicyclic) bond motifs is 1. The van der Waals surface area contributed by atoms with E-state index >= 15 is 0 Å². The first-order chi connectivity index (χ1) is 28.7. The minimum absolute atomic E-state index is 0.137. The van der Waals surface area contributed by atoms with Crippen LogP contribution < -0.4 is 0 Å². The fourth-order valence-electron chi connectivity index (χ4n) is 7.41. The number of carbonyl (C=O) groups excluding carboxylic acids is 6. The summed E-state index contributed by atoms with van der Waals surface area (Å²) in [6.45, 7) is 4.95. The molecule has 0 N–H and O–H groups in total. The molecule has 2 saturated carbocycles. The van der Waals surface area contributed by atoms with Gasteiger partial charge in [-0.3, -0.25) is 23.7 Å². The summed E-state index contributed by atoms with van der Waals surface area (Å²) in [5.74, 6) is -3.40. The average molecular weight is 851 g/mol. The number of nitrogens with zero attached hydrogens (tertiary/aromatic N) is 4. The fourth-order valence-corrected chi connectivity index (χ4v) is 7.59. The molecule has 60 heavy (non-hydrogen) atoms. The number of carbonyl (C=O) groups is 6. The van der Waals surface area contributed by atoms with Crippen molar-refractivity contribution in [3.63, 3.8) is 0 Å². The first-order valence-electron chi connectivity index (χ1n) is 18.6. The lowest BCUT2D eigenvalue weighted by molar-refractivity contribution is -0.182. The van der Waals surface area contributed by atoms with Gasteiger partial charge in [-0.25, -0.2) is 24.5 Å². The first kappa shape index (κ1) is 42.1. The topological polar surface area (TPSA) is 229 Å². The molecule has 2 aliphatic heterocycles. The molecule has 19 nitrogen and oxygen atoms in total. The molecule has 2 unspecified atom stereocenters. The molecule has 4 heterocycles. The lowest BCUT2D eigenvalue weighted by Crippen LogP contribution is -2.42. The average Bonchev–Trinajstić information content (AvgIpc) is 3.93. The van der Waals surface area contributed by atoms with E-state index < -0.39 is 96.2 Å². The third-order valence-electron chi connectivity index (χ3n) is 10.1. The van der Waals surface area contributed by atoms with E-state index in [-0.39, 0.29) is 11.6 Å². The van der Waals surface area contributed by atoms with Gasteiger partial charge in [0.1, 0.15) is 24.1 Å². The number of methoxy groups -OCH3 is 1. The maximum absolute atomic E-state index is 12.6. The predicted molar refractivity (Wildman–Crippen MR) is 201 cm³/mol. The third kappa shape index (κ3) is 8.38. The second-order valence-electron chi connectivity index (χ2n) is 14.3. The van der Waals surface area contributed by atoms with Gasteiger partial charge < -0.3 is 42.6 Å². The van der Waals surface area contributed by atoms with Gasteiger partial charge in [0.2, 0.25) is 0 Å². The number of benzene rings is 2. The smallest absolute Gasteiger partial charge is 0.338 e. The zero-order chi connectivity index (χ0) is 42.9. The molecule has 2 spiro atoms. The van der Waals surface area contributed by atoms with Crippen LogP contribution >= 0.6 is 11.6 Å². The summed E-state index contributed by atoms with van der Waals surface area (Å²) in [6.07, 6.45) is -4.03. The van der Waals surface area contributed by atoms with Crippen molar-refractivity contribution in [3.05, 3.63) is 89.6 Å². The molecule has 2 aliphatic carbocycles. The molecule has 0 bridgehead atoms. The Bertz CT molecular complexity index is 2300. The number of esters is 6. The zero-order valence-electron chi connectivity index (χ0n) is 32.8. The lowest BCUT2D eigenvalue weighted by atomic mass is 10.1. The maximum Gasteiger partial charge on any atom is 0.338 e. The molecule has 10 atom stereocenters. The second-order valence-corrected chi connectivity index (χ2v) is 14.6. The predicted octanol–water partition coefficient (Wildman–Crippen LogP) is 3.46. The summed E-state index contributed by atoms with van der Waals surface area (Å²) in [5.41, 5.74) is -0.880. The van der Waals surface area contributed by atoms with Crippen LogP contribution in [0.15, 0.2) is 73.3 Å². The molecule has 8 rings (SSSR count). The van der Waals surface area contributed by atoms with E-state index in [0.29, 0.717) is 28.7 Å². The van der Waals surface area contributed by atoms with Crippen LogP contribution in [0, 0.1) is 0 Å². The van der Waals surface area contributed by atoms with Crippen molar-refractivity contribution in [1.29, 1.82) is 0 Å². The van der Waals surface area contributed by atoms with E-state index in [9.17, 15) is 28.8 Å². The van der Waals surface area contributed by atoms with Crippen LogP contribution in [0.3, 0.4) is 0 Å². The summed E-state index contributed by atoms with van der Waals surface area (Å²) in [7, 11) is 1.39. The van der Waals surface area contributed by atoms with Crippen LogP contribution in [0.2, 0.25) is 5.15 Å². The van der Waals surface area contributed by atoms with Gasteiger partial charge in [-0.05, 0) is 24.3 Å². The van der Waals surface area contributed by atoms with Crippen molar-refractivity contribution in [1.82, 2.24) is 19.5 Å². The molecule has 2 aromatic carbocycles. The van der Waals surface area contributed by atoms with E-state index in [0.717, 1.165) is 0 Å². The molecule has 20 heteroatoms. The van der Waals surface area contributed by atoms with E-state index in [2.05, 4.69) is 15.0 Å². The second kappa shape index (κ2) is 16.9. The number of rotatable bonds is 10. The van der Waals surface area contributed by atoms with Crippen LogP contribution in [0.1, 0.15) is 67.5 Å². The Labute approximate surface area is 346 Å². The molecule has 4 aromatic rings. The van der Waals surface area contributed by atoms with Crippen LogP contribution in [-0.2, 0) is 61.8 Å². The Morgan fingerprint density at radius 2 is 1.13 bits per heavy atom. The number of ether oxygens (including phenoxy) is 9. The van der Waals surface area contributed by atoms with E-state index in [1.165, 1.54) is 52.0 Å². The Hall–Kier alpha value is -6.02. The molecule has 2 saturated heterocycles. The Morgan fingerprint density at radius 1 is 0.650 bits per heavy atom. The van der Waals surface area contributed by atoms with Gasteiger partial charge in [-0.1, -0.05) is 48.0 Å². The summed E-state index contributed by atoms with van der Waals surface area (Å²) in [6, 6.07) is 17.0. The third-order valence-corrected chi connectivity index (χ3v) is 10.4. The van der Waals surface area contributed by atoms with Crippen LogP contribution in [0.5, 0.6) is 0 Å². The van der Waals surface area contributed by atoms with Gasteiger partial charge in [0, 0.05) is 47.6 Å². The van der Waals surface area contributed by atoms with Gasteiger partial charge >= 0.3 is 35.8 Å². The Morgan fingerprint density at radius 3 is 1.63 bits per heavy atom. The van der Waals surface area contributed by atoms with Crippen molar-refractivity contribution in [3.8, 4) is 0 Å². The summed E-state index contributed by atoms with van der Waals surface area (Å²) in [4.78, 5) is 84.1. The van der Waals surface area contributed by atoms with Gasteiger partial charge in [-0.2, -0.15) is 0 Å². The Balaban J connectivity index is 0.000000189. The highest BCUT2D eigenvalue weighted by Crippen LogP contribution is 2.57. The highest BCUT2D eigenvalue weighted by Gasteiger charge is 2.75. The Kier molecular flexibility index (Phi) is 11.9. The fraction of sp³-hybridized carbons (Fsp3) is 0.425. The van der Waals surface area contributed by atoms with Gasteiger partial charge in [0.15, 0.2) is 58.9 Å². The van der Waals surface area contributed by atoms with Crippen molar-refractivity contribution in [2.24, 2.45) is 0 Å². The monoisotopic (exact) mass is 850 g/mol. The molecular weight excluding hydrogens is 812 g/mol. The van der Waals surface area contributed by atoms with E-state index in [1.54, 1.807) is 60.7 Å². The van der Waals surface area contributed by atoms with Crippen molar-refractivity contribution in [2.45, 2.75) is 101 Å². The number of aromatic nitrogens is 4. The van der Waals surface area contributed by atoms with Gasteiger partial charge in [0.05, 0.1) is 17.5 Å². The minimum Gasteiger partial charge on any atom is -0.455 e. The highest BCUT2D eigenvalue weighted by molar-refractivity contribution is 6.33. The lowest BCUT2D eigenvalue weighted by Gasteiger charge is -2.24. The molecule has 0 radical (unpaired) electrons. The standard InChI is InChI=1S/C22H19ClN4O7.C18H20O8/c1-11(28)31-16-17(32-12(2)29)22(8-14(22)33-21(30)13-6-4-3-5-7-13)34-20(16)27-10-26-15-18(23)24-9-25-19(15)27;1-10(19)23-14-15(24-11(2)20)18(26-17(14)22-3)9-13(18)25-16(21)12-7-5-4-6-8-12/h3-7,9-10,14,16-17,20H,8H2,1-2H3;4-8,13-15,17H,9H2,1-3H3/t14-,16?,17-,20-,22-;13-,14?,15-,17-,18-/m11/s1. The molecular formula is C40H39ClN4O15.